The molecule has 2 aliphatic rings. The normalized spacial score (nSPS) is 43.0. The molecule has 1 saturated carbocycles. The monoisotopic (exact) mass is 254 g/mol. The third kappa shape index (κ3) is 3.69. The molecular formula is C15H30N2O. The molecule has 2 fully saturated rings. The minimum Gasteiger partial charge on any atom is -0.389 e. The lowest BCUT2D eigenvalue weighted by Gasteiger charge is -2.41. The van der Waals surface area contributed by atoms with Crippen molar-refractivity contribution in [1.82, 2.24) is 4.90 Å². The van der Waals surface area contributed by atoms with Gasteiger partial charge in [0, 0.05) is 19.1 Å². The van der Waals surface area contributed by atoms with E-state index >= 15 is 0 Å². The average Bonchev–Trinajstić information content (AvgIpc) is 2.31. The largest absolute Gasteiger partial charge is 0.389 e. The van der Waals surface area contributed by atoms with Gasteiger partial charge >= 0.3 is 0 Å². The van der Waals surface area contributed by atoms with Crippen LogP contribution in [0.1, 0.15) is 52.4 Å². The van der Waals surface area contributed by atoms with Crippen LogP contribution in [0, 0.1) is 11.8 Å². The van der Waals surface area contributed by atoms with Gasteiger partial charge in [-0.2, -0.15) is 0 Å². The van der Waals surface area contributed by atoms with Gasteiger partial charge in [0.25, 0.3) is 0 Å². The third-order valence-electron chi connectivity index (χ3n) is 4.97. The molecule has 3 nitrogen and oxygen atoms in total. The van der Waals surface area contributed by atoms with E-state index in [1.54, 1.807) is 0 Å². The van der Waals surface area contributed by atoms with Crippen LogP contribution in [-0.4, -0.2) is 41.3 Å². The molecule has 0 bridgehead atoms. The van der Waals surface area contributed by atoms with E-state index in [1.807, 2.05) is 6.92 Å². The second-order valence-corrected chi connectivity index (χ2v) is 6.85. The molecule has 0 spiro atoms. The first kappa shape index (κ1) is 14.3. The summed E-state index contributed by atoms with van der Waals surface area (Å²) in [6.07, 6.45) is 7.14. The molecule has 0 aromatic rings. The first-order valence-electron chi connectivity index (χ1n) is 7.70. The number of aliphatic hydroxyl groups is 1. The van der Waals surface area contributed by atoms with Gasteiger partial charge in [-0.3, -0.25) is 0 Å². The summed E-state index contributed by atoms with van der Waals surface area (Å²) in [7, 11) is 0. The maximum atomic E-state index is 10.2. The van der Waals surface area contributed by atoms with Gasteiger partial charge in [-0.25, -0.2) is 0 Å². The summed E-state index contributed by atoms with van der Waals surface area (Å²) in [5.74, 6) is 1.51. The molecule has 2 rings (SSSR count). The molecule has 0 amide bonds. The Kier molecular flexibility index (Phi) is 4.68. The van der Waals surface area contributed by atoms with Crippen molar-refractivity contribution in [2.24, 2.45) is 17.6 Å². The molecule has 3 heteroatoms. The predicted octanol–water partition coefficient (Wildman–Crippen LogP) is 1.99. The van der Waals surface area contributed by atoms with Crippen LogP contribution >= 0.6 is 0 Å². The smallest absolute Gasteiger partial charge is 0.0746 e. The van der Waals surface area contributed by atoms with Crippen LogP contribution in [-0.2, 0) is 0 Å². The van der Waals surface area contributed by atoms with Crippen LogP contribution in [0.15, 0.2) is 0 Å². The van der Waals surface area contributed by atoms with E-state index in [0.717, 1.165) is 38.4 Å². The summed E-state index contributed by atoms with van der Waals surface area (Å²) in [6.45, 7) is 7.32. The molecule has 0 radical (unpaired) electrons. The highest BCUT2D eigenvalue weighted by Gasteiger charge is 2.33. The Bertz CT molecular complexity index is 267. The van der Waals surface area contributed by atoms with Crippen LogP contribution in [0.4, 0.5) is 0 Å². The summed E-state index contributed by atoms with van der Waals surface area (Å²) in [5.41, 5.74) is 5.81. The molecule has 0 aromatic heterocycles. The lowest BCUT2D eigenvalue weighted by atomic mass is 9.77. The SMILES string of the molecule is CCC1CCC(N)C(CN2CCCC(C)(O)C2)C1. The first-order chi connectivity index (χ1) is 8.50. The van der Waals surface area contributed by atoms with E-state index in [4.69, 9.17) is 5.73 Å². The Morgan fingerprint density at radius 1 is 1.39 bits per heavy atom. The lowest BCUT2D eigenvalue weighted by Crippen LogP contribution is -2.50. The Morgan fingerprint density at radius 2 is 2.17 bits per heavy atom. The second kappa shape index (κ2) is 5.89. The summed E-state index contributed by atoms with van der Waals surface area (Å²) in [6, 6.07) is 0.375. The fourth-order valence-corrected chi connectivity index (χ4v) is 3.78. The quantitative estimate of drug-likeness (QED) is 0.810. The number of hydrogen-bond donors (Lipinski definition) is 2. The lowest BCUT2D eigenvalue weighted by molar-refractivity contribution is -0.0236. The maximum Gasteiger partial charge on any atom is 0.0746 e. The summed E-state index contributed by atoms with van der Waals surface area (Å²) in [4.78, 5) is 2.44. The van der Waals surface area contributed by atoms with Gasteiger partial charge in [-0.1, -0.05) is 13.3 Å². The molecule has 106 valence electrons. The molecule has 4 unspecified atom stereocenters. The Hall–Kier alpha value is -0.120. The number of piperidine rings is 1. The zero-order valence-electron chi connectivity index (χ0n) is 12.1. The predicted molar refractivity (Wildman–Crippen MR) is 75.4 cm³/mol. The Labute approximate surface area is 112 Å². The van der Waals surface area contributed by atoms with Crippen molar-refractivity contribution in [3.63, 3.8) is 0 Å². The van der Waals surface area contributed by atoms with Crippen molar-refractivity contribution in [2.45, 2.75) is 64.0 Å². The Morgan fingerprint density at radius 3 is 2.83 bits per heavy atom. The second-order valence-electron chi connectivity index (χ2n) is 6.85. The standard InChI is InChI=1S/C15H30N2O/c1-3-12-5-6-14(16)13(9-12)10-17-8-4-7-15(2,18)11-17/h12-14,18H,3-11,16H2,1-2H3. The van der Waals surface area contributed by atoms with Crippen LogP contribution in [0.25, 0.3) is 0 Å². The zero-order valence-corrected chi connectivity index (χ0v) is 12.1. The maximum absolute atomic E-state index is 10.2. The molecule has 1 saturated heterocycles. The molecule has 3 N–H and O–H groups in total. The molecule has 1 aliphatic carbocycles. The van der Waals surface area contributed by atoms with E-state index in [9.17, 15) is 5.11 Å². The van der Waals surface area contributed by atoms with Crippen LogP contribution in [0.2, 0.25) is 0 Å². The topological polar surface area (TPSA) is 49.5 Å². The van der Waals surface area contributed by atoms with Gasteiger partial charge in [0.15, 0.2) is 0 Å². The molecule has 1 aliphatic heterocycles. The first-order valence-corrected chi connectivity index (χ1v) is 7.70. The van der Waals surface area contributed by atoms with Gasteiger partial charge in [-0.05, 0) is 57.4 Å². The molecule has 4 atom stereocenters. The van der Waals surface area contributed by atoms with E-state index in [1.165, 1.54) is 25.7 Å². The number of nitrogens with zero attached hydrogens (tertiary/aromatic N) is 1. The van der Waals surface area contributed by atoms with Crippen molar-refractivity contribution in [3.8, 4) is 0 Å². The summed E-state index contributed by atoms with van der Waals surface area (Å²) in [5, 5.41) is 10.2. The number of rotatable bonds is 3. The van der Waals surface area contributed by atoms with Gasteiger partial charge in [0.2, 0.25) is 0 Å². The fourth-order valence-electron chi connectivity index (χ4n) is 3.78. The minimum absolute atomic E-state index is 0.375. The highest BCUT2D eigenvalue weighted by molar-refractivity contribution is 4.88. The highest BCUT2D eigenvalue weighted by Crippen LogP contribution is 2.32. The number of nitrogens with two attached hydrogens (primary N) is 1. The minimum atomic E-state index is -0.485. The summed E-state index contributed by atoms with van der Waals surface area (Å²) < 4.78 is 0. The van der Waals surface area contributed by atoms with Crippen molar-refractivity contribution in [2.75, 3.05) is 19.6 Å². The number of hydrogen-bond acceptors (Lipinski definition) is 3. The highest BCUT2D eigenvalue weighted by atomic mass is 16.3. The molecular weight excluding hydrogens is 224 g/mol. The molecule has 0 aromatic carbocycles. The van der Waals surface area contributed by atoms with Gasteiger partial charge in [0.1, 0.15) is 0 Å². The van der Waals surface area contributed by atoms with Gasteiger partial charge in [0.05, 0.1) is 5.60 Å². The van der Waals surface area contributed by atoms with Crippen LogP contribution < -0.4 is 5.73 Å². The average molecular weight is 254 g/mol. The van der Waals surface area contributed by atoms with E-state index in [2.05, 4.69) is 11.8 Å². The van der Waals surface area contributed by atoms with Crippen molar-refractivity contribution in [1.29, 1.82) is 0 Å². The van der Waals surface area contributed by atoms with Crippen molar-refractivity contribution < 1.29 is 5.11 Å². The fraction of sp³-hybridized carbons (Fsp3) is 1.00. The van der Waals surface area contributed by atoms with Crippen molar-refractivity contribution in [3.05, 3.63) is 0 Å². The molecule has 18 heavy (non-hydrogen) atoms. The Balaban J connectivity index is 1.87. The van der Waals surface area contributed by atoms with E-state index < -0.39 is 5.60 Å². The van der Waals surface area contributed by atoms with Gasteiger partial charge in [-0.15, -0.1) is 0 Å². The number of likely N-dealkylation sites (tertiary alicyclic amines) is 1. The third-order valence-corrected chi connectivity index (χ3v) is 4.97. The number of β-amino-alcohol motifs (C(OH)–C–C–N with tert-alkyl or cyclic N) is 1. The van der Waals surface area contributed by atoms with Crippen LogP contribution in [0.3, 0.4) is 0 Å². The van der Waals surface area contributed by atoms with Crippen molar-refractivity contribution >= 4 is 0 Å². The van der Waals surface area contributed by atoms with Crippen LogP contribution in [0.5, 0.6) is 0 Å². The zero-order chi connectivity index (χ0) is 13.2. The van der Waals surface area contributed by atoms with Gasteiger partial charge < -0.3 is 15.7 Å². The summed E-state index contributed by atoms with van der Waals surface area (Å²) >= 11 is 0. The van der Waals surface area contributed by atoms with E-state index in [0.29, 0.717) is 12.0 Å². The molecule has 1 heterocycles. The van der Waals surface area contributed by atoms with E-state index in [-0.39, 0.29) is 0 Å².